The van der Waals surface area contributed by atoms with Gasteiger partial charge in [0.2, 0.25) is 0 Å². The molecule has 98 valence electrons. The van der Waals surface area contributed by atoms with Gasteiger partial charge in [-0.3, -0.25) is 4.79 Å². The molecule has 1 aromatic carbocycles. The van der Waals surface area contributed by atoms with Crippen molar-refractivity contribution in [2.45, 2.75) is 12.0 Å². The van der Waals surface area contributed by atoms with Crippen LogP contribution in [0.15, 0.2) is 22.7 Å². The Balaban J connectivity index is 2.19. The lowest BCUT2D eigenvalue weighted by atomic mass is 9.88. The first kappa shape index (κ1) is 13.2. The molecule has 0 radical (unpaired) electrons. The third kappa shape index (κ3) is 2.76. The average Bonchev–Trinajstić information content (AvgIpc) is 2.28. The first-order chi connectivity index (χ1) is 8.54. The Morgan fingerprint density at radius 1 is 1.61 bits per heavy atom. The fraction of sp³-hybridized carbons (Fsp3) is 0.417. The SMILES string of the molecule is COc1ccc(Br)c(NC2(CC(=O)O)CNC2)c1. The maximum absolute atomic E-state index is 10.9. The molecule has 5 nitrogen and oxygen atoms in total. The van der Waals surface area contributed by atoms with Gasteiger partial charge in [0.1, 0.15) is 5.75 Å². The molecule has 2 rings (SSSR count). The Kier molecular flexibility index (Phi) is 3.77. The van der Waals surface area contributed by atoms with E-state index in [2.05, 4.69) is 26.6 Å². The maximum Gasteiger partial charge on any atom is 0.305 e. The Morgan fingerprint density at radius 3 is 2.83 bits per heavy atom. The second-order valence-electron chi connectivity index (χ2n) is 4.43. The predicted molar refractivity (Wildman–Crippen MR) is 72.2 cm³/mol. The fourth-order valence-corrected chi connectivity index (χ4v) is 2.33. The van der Waals surface area contributed by atoms with Crippen LogP contribution in [-0.4, -0.2) is 36.8 Å². The second kappa shape index (κ2) is 5.16. The van der Waals surface area contributed by atoms with Crippen LogP contribution in [0.5, 0.6) is 5.75 Å². The molecular formula is C12H15BrN2O3. The molecule has 0 saturated carbocycles. The van der Waals surface area contributed by atoms with E-state index in [0.717, 1.165) is 15.9 Å². The molecule has 1 fully saturated rings. The summed E-state index contributed by atoms with van der Waals surface area (Å²) < 4.78 is 6.05. The monoisotopic (exact) mass is 314 g/mol. The normalized spacial score (nSPS) is 16.8. The number of hydrogen-bond donors (Lipinski definition) is 3. The van der Waals surface area contributed by atoms with E-state index in [1.54, 1.807) is 7.11 Å². The molecule has 0 aliphatic carbocycles. The number of benzene rings is 1. The Morgan fingerprint density at radius 2 is 2.33 bits per heavy atom. The molecule has 1 aromatic rings. The summed E-state index contributed by atoms with van der Waals surface area (Å²) >= 11 is 3.45. The van der Waals surface area contributed by atoms with Gasteiger partial charge in [-0.05, 0) is 28.1 Å². The number of aliphatic carboxylic acids is 1. The highest BCUT2D eigenvalue weighted by molar-refractivity contribution is 9.10. The number of carboxylic acid groups (broad SMARTS) is 1. The van der Waals surface area contributed by atoms with Gasteiger partial charge in [0.05, 0.1) is 24.8 Å². The lowest BCUT2D eigenvalue weighted by Crippen LogP contribution is -2.65. The topological polar surface area (TPSA) is 70.6 Å². The van der Waals surface area contributed by atoms with Gasteiger partial charge in [-0.2, -0.15) is 0 Å². The minimum absolute atomic E-state index is 0.0870. The summed E-state index contributed by atoms with van der Waals surface area (Å²) in [6.45, 7) is 1.28. The van der Waals surface area contributed by atoms with Crippen molar-refractivity contribution in [2.75, 3.05) is 25.5 Å². The predicted octanol–water partition coefficient (Wildman–Crippen LogP) is 1.69. The number of ether oxygens (including phenoxy) is 1. The van der Waals surface area contributed by atoms with Crippen LogP contribution in [0.25, 0.3) is 0 Å². The van der Waals surface area contributed by atoms with Gasteiger partial charge in [-0.15, -0.1) is 0 Å². The van der Waals surface area contributed by atoms with Crippen molar-refractivity contribution in [3.05, 3.63) is 22.7 Å². The summed E-state index contributed by atoms with van der Waals surface area (Å²) in [5.74, 6) is -0.0681. The second-order valence-corrected chi connectivity index (χ2v) is 5.28. The number of halogens is 1. The zero-order chi connectivity index (χ0) is 13.2. The number of nitrogens with one attached hydrogen (secondary N) is 2. The summed E-state index contributed by atoms with van der Waals surface area (Å²) in [6, 6.07) is 5.58. The number of rotatable bonds is 5. The number of hydrogen-bond acceptors (Lipinski definition) is 4. The summed E-state index contributed by atoms with van der Waals surface area (Å²) in [6.07, 6.45) is 0.0870. The Labute approximate surface area is 114 Å². The van der Waals surface area contributed by atoms with Crippen LogP contribution in [0.2, 0.25) is 0 Å². The molecule has 0 amide bonds. The van der Waals surface area contributed by atoms with Crippen LogP contribution in [0, 0.1) is 0 Å². The van der Waals surface area contributed by atoms with Crippen LogP contribution in [0.1, 0.15) is 6.42 Å². The number of methoxy groups -OCH3 is 1. The van der Waals surface area contributed by atoms with Crippen molar-refractivity contribution in [1.82, 2.24) is 5.32 Å². The molecule has 0 atom stereocenters. The summed E-state index contributed by atoms with van der Waals surface area (Å²) in [7, 11) is 1.60. The van der Waals surface area contributed by atoms with Crippen LogP contribution < -0.4 is 15.4 Å². The van der Waals surface area contributed by atoms with Crippen molar-refractivity contribution in [3.63, 3.8) is 0 Å². The molecule has 18 heavy (non-hydrogen) atoms. The van der Waals surface area contributed by atoms with E-state index in [-0.39, 0.29) is 6.42 Å². The quantitative estimate of drug-likeness (QED) is 0.771. The molecule has 1 saturated heterocycles. The first-order valence-corrected chi connectivity index (χ1v) is 6.38. The van der Waals surface area contributed by atoms with E-state index in [4.69, 9.17) is 9.84 Å². The molecule has 0 unspecified atom stereocenters. The lowest BCUT2D eigenvalue weighted by Gasteiger charge is -2.43. The molecule has 3 N–H and O–H groups in total. The van der Waals surface area contributed by atoms with Crippen LogP contribution in [0.3, 0.4) is 0 Å². The lowest BCUT2D eigenvalue weighted by molar-refractivity contribution is -0.138. The van der Waals surface area contributed by atoms with E-state index in [1.807, 2.05) is 18.2 Å². The molecular weight excluding hydrogens is 300 g/mol. The summed E-state index contributed by atoms with van der Waals surface area (Å²) in [5.41, 5.74) is 0.429. The maximum atomic E-state index is 10.9. The van der Waals surface area contributed by atoms with E-state index < -0.39 is 11.5 Å². The van der Waals surface area contributed by atoms with Crippen LogP contribution in [0.4, 0.5) is 5.69 Å². The van der Waals surface area contributed by atoms with E-state index in [0.29, 0.717) is 13.1 Å². The summed E-state index contributed by atoms with van der Waals surface area (Å²) in [5, 5.41) is 15.4. The smallest absolute Gasteiger partial charge is 0.305 e. The summed E-state index contributed by atoms with van der Waals surface area (Å²) in [4.78, 5) is 10.9. The minimum Gasteiger partial charge on any atom is -0.497 e. The Bertz CT molecular complexity index is 461. The zero-order valence-corrected chi connectivity index (χ0v) is 11.6. The number of anilines is 1. The van der Waals surface area contributed by atoms with Gasteiger partial charge in [-0.25, -0.2) is 0 Å². The van der Waals surface area contributed by atoms with E-state index >= 15 is 0 Å². The van der Waals surface area contributed by atoms with Crippen molar-refractivity contribution in [2.24, 2.45) is 0 Å². The van der Waals surface area contributed by atoms with Gasteiger partial charge in [0.15, 0.2) is 0 Å². The van der Waals surface area contributed by atoms with Gasteiger partial charge in [0, 0.05) is 23.6 Å². The van der Waals surface area contributed by atoms with Crippen molar-refractivity contribution >= 4 is 27.6 Å². The van der Waals surface area contributed by atoms with Gasteiger partial charge in [0.25, 0.3) is 0 Å². The molecule has 1 heterocycles. The molecule has 1 aliphatic heterocycles. The number of carboxylic acids is 1. The highest BCUT2D eigenvalue weighted by Gasteiger charge is 2.39. The highest BCUT2D eigenvalue weighted by Crippen LogP contribution is 2.31. The van der Waals surface area contributed by atoms with Crippen molar-refractivity contribution in [3.8, 4) is 5.75 Å². The molecule has 0 spiro atoms. The first-order valence-electron chi connectivity index (χ1n) is 5.59. The van der Waals surface area contributed by atoms with Crippen LogP contribution in [-0.2, 0) is 4.79 Å². The molecule has 1 aliphatic rings. The molecule has 0 bridgehead atoms. The van der Waals surface area contributed by atoms with E-state index in [9.17, 15) is 4.79 Å². The van der Waals surface area contributed by atoms with Crippen molar-refractivity contribution in [1.29, 1.82) is 0 Å². The highest BCUT2D eigenvalue weighted by atomic mass is 79.9. The van der Waals surface area contributed by atoms with Gasteiger partial charge >= 0.3 is 5.97 Å². The average molecular weight is 315 g/mol. The van der Waals surface area contributed by atoms with Gasteiger partial charge < -0.3 is 20.5 Å². The third-order valence-electron chi connectivity index (χ3n) is 2.99. The van der Waals surface area contributed by atoms with Gasteiger partial charge in [-0.1, -0.05) is 0 Å². The largest absolute Gasteiger partial charge is 0.497 e. The molecule has 0 aromatic heterocycles. The number of carbonyl (C=O) groups is 1. The standard InChI is InChI=1S/C12H15BrN2O3/c1-18-8-2-3-9(13)10(4-8)15-12(5-11(16)17)6-14-7-12/h2-4,14-15H,5-7H2,1H3,(H,16,17). The van der Waals surface area contributed by atoms with E-state index in [1.165, 1.54) is 0 Å². The fourth-order valence-electron chi connectivity index (χ4n) is 1.99. The zero-order valence-electron chi connectivity index (χ0n) is 10.00. The third-order valence-corrected chi connectivity index (χ3v) is 3.68. The molecule has 6 heteroatoms. The Hall–Kier alpha value is -1.27. The minimum atomic E-state index is -0.803. The van der Waals surface area contributed by atoms with Crippen molar-refractivity contribution < 1.29 is 14.6 Å². The van der Waals surface area contributed by atoms with Crippen LogP contribution >= 0.6 is 15.9 Å².